The number of alkyl halides is 1. The van der Waals surface area contributed by atoms with Gasteiger partial charge in [0.2, 0.25) is 0 Å². The zero-order valence-corrected chi connectivity index (χ0v) is 11.1. The standard InChI is InChI=1S/C14H18ClNO2/c15-7-12-9-16(5-6-17-12)8-11-10-18-14-4-2-1-3-13(11)14/h1-4,11-12H,5-10H2. The number of morpholine rings is 1. The van der Waals surface area contributed by atoms with Crippen LogP contribution < -0.4 is 4.74 Å². The van der Waals surface area contributed by atoms with Gasteiger partial charge < -0.3 is 9.47 Å². The smallest absolute Gasteiger partial charge is 0.122 e. The topological polar surface area (TPSA) is 21.7 Å². The predicted octanol–water partition coefficient (Wildman–Crippen LogP) is 2.10. The number of hydrogen-bond acceptors (Lipinski definition) is 3. The maximum absolute atomic E-state index is 5.87. The Balaban J connectivity index is 1.64. The molecule has 3 rings (SSSR count). The van der Waals surface area contributed by atoms with Crippen molar-refractivity contribution >= 4 is 11.6 Å². The van der Waals surface area contributed by atoms with E-state index in [1.54, 1.807) is 0 Å². The summed E-state index contributed by atoms with van der Waals surface area (Å²) in [6.45, 7) is 4.54. The summed E-state index contributed by atoms with van der Waals surface area (Å²) in [5.74, 6) is 2.11. The molecule has 2 atom stereocenters. The fourth-order valence-electron chi connectivity index (χ4n) is 2.73. The number of rotatable bonds is 3. The average Bonchev–Trinajstić information content (AvgIpc) is 2.83. The normalized spacial score (nSPS) is 27.8. The number of nitrogens with zero attached hydrogens (tertiary/aromatic N) is 1. The van der Waals surface area contributed by atoms with Crippen molar-refractivity contribution in [1.29, 1.82) is 0 Å². The Morgan fingerprint density at radius 3 is 3.11 bits per heavy atom. The minimum Gasteiger partial charge on any atom is -0.493 e. The Morgan fingerprint density at radius 1 is 1.33 bits per heavy atom. The molecule has 98 valence electrons. The van der Waals surface area contributed by atoms with E-state index in [-0.39, 0.29) is 6.10 Å². The second-order valence-corrected chi connectivity index (χ2v) is 5.26. The predicted molar refractivity (Wildman–Crippen MR) is 71.6 cm³/mol. The van der Waals surface area contributed by atoms with Gasteiger partial charge in [0.15, 0.2) is 0 Å². The maximum Gasteiger partial charge on any atom is 0.122 e. The van der Waals surface area contributed by atoms with E-state index in [0.717, 1.165) is 38.6 Å². The number of ether oxygens (including phenoxy) is 2. The van der Waals surface area contributed by atoms with Crippen LogP contribution in [0.3, 0.4) is 0 Å². The van der Waals surface area contributed by atoms with E-state index in [0.29, 0.717) is 11.8 Å². The van der Waals surface area contributed by atoms with Crippen molar-refractivity contribution in [1.82, 2.24) is 4.90 Å². The Bertz CT molecular complexity index is 413. The Hall–Kier alpha value is -0.770. The summed E-state index contributed by atoms with van der Waals surface area (Å²) in [7, 11) is 0. The van der Waals surface area contributed by atoms with Gasteiger partial charge in [0.05, 0.1) is 19.3 Å². The van der Waals surface area contributed by atoms with Crippen molar-refractivity contribution in [2.75, 3.05) is 38.7 Å². The van der Waals surface area contributed by atoms with Gasteiger partial charge in [-0.05, 0) is 6.07 Å². The minimum absolute atomic E-state index is 0.179. The molecule has 0 saturated carbocycles. The first-order chi connectivity index (χ1) is 8.86. The van der Waals surface area contributed by atoms with Crippen LogP contribution in [-0.2, 0) is 4.74 Å². The SMILES string of the molecule is ClCC1CN(CC2COc3ccccc32)CCO1. The molecule has 2 unspecified atom stereocenters. The highest BCUT2D eigenvalue weighted by Crippen LogP contribution is 2.34. The molecule has 1 aromatic carbocycles. The third-order valence-electron chi connectivity index (χ3n) is 3.67. The second-order valence-electron chi connectivity index (χ2n) is 4.95. The summed E-state index contributed by atoms with van der Waals surface area (Å²) in [6, 6.07) is 8.34. The molecular weight excluding hydrogens is 250 g/mol. The van der Waals surface area contributed by atoms with Gasteiger partial charge in [-0.25, -0.2) is 0 Å². The van der Waals surface area contributed by atoms with Gasteiger partial charge in [-0.1, -0.05) is 18.2 Å². The van der Waals surface area contributed by atoms with Crippen molar-refractivity contribution in [2.45, 2.75) is 12.0 Å². The largest absolute Gasteiger partial charge is 0.493 e. The number of hydrogen-bond donors (Lipinski definition) is 0. The van der Waals surface area contributed by atoms with Crippen LogP contribution in [0.2, 0.25) is 0 Å². The van der Waals surface area contributed by atoms with Crippen LogP contribution in [0.15, 0.2) is 24.3 Å². The van der Waals surface area contributed by atoms with E-state index in [1.165, 1.54) is 5.56 Å². The highest BCUT2D eigenvalue weighted by atomic mass is 35.5. The summed E-state index contributed by atoms with van der Waals surface area (Å²) in [5.41, 5.74) is 1.34. The molecule has 1 aromatic rings. The van der Waals surface area contributed by atoms with Gasteiger partial charge in [-0.15, -0.1) is 11.6 Å². The molecule has 0 N–H and O–H groups in total. The van der Waals surface area contributed by atoms with Crippen molar-refractivity contribution in [2.24, 2.45) is 0 Å². The molecule has 2 heterocycles. The summed E-state index contributed by atoms with van der Waals surface area (Å²) >= 11 is 5.87. The Labute approximate surface area is 113 Å². The van der Waals surface area contributed by atoms with Crippen LogP contribution in [-0.4, -0.2) is 49.7 Å². The fourth-order valence-corrected chi connectivity index (χ4v) is 2.92. The van der Waals surface area contributed by atoms with Crippen LogP contribution in [0.1, 0.15) is 11.5 Å². The van der Waals surface area contributed by atoms with Gasteiger partial charge in [-0.2, -0.15) is 0 Å². The number of halogens is 1. The molecule has 1 fully saturated rings. The number of para-hydroxylation sites is 1. The first-order valence-electron chi connectivity index (χ1n) is 6.48. The third kappa shape index (κ3) is 2.48. The van der Waals surface area contributed by atoms with Gasteiger partial charge in [0.1, 0.15) is 5.75 Å². The van der Waals surface area contributed by atoms with Crippen LogP contribution >= 0.6 is 11.6 Å². The number of benzene rings is 1. The molecule has 0 aromatic heterocycles. The highest BCUT2D eigenvalue weighted by molar-refractivity contribution is 6.18. The van der Waals surface area contributed by atoms with Gasteiger partial charge in [0.25, 0.3) is 0 Å². The zero-order chi connectivity index (χ0) is 12.4. The van der Waals surface area contributed by atoms with E-state index >= 15 is 0 Å². The molecule has 0 spiro atoms. The second kappa shape index (κ2) is 5.47. The van der Waals surface area contributed by atoms with E-state index in [9.17, 15) is 0 Å². The van der Waals surface area contributed by atoms with E-state index in [4.69, 9.17) is 21.1 Å². The van der Waals surface area contributed by atoms with Crippen molar-refractivity contribution in [3.8, 4) is 5.75 Å². The molecule has 0 amide bonds. The van der Waals surface area contributed by atoms with E-state index in [1.807, 2.05) is 6.07 Å². The monoisotopic (exact) mass is 267 g/mol. The fraction of sp³-hybridized carbons (Fsp3) is 0.571. The molecule has 0 aliphatic carbocycles. The molecule has 1 saturated heterocycles. The Morgan fingerprint density at radius 2 is 2.22 bits per heavy atom. The van der Waals surface area contributed by atoms with E-state index in [2.05, 4.69) is 23.1 Å². The highest BCUT2D eigenvalue weighted by Gasteiger charge is 2.28. The third-order valence-corrected chi connectivity index (χ3v) is 4.02. The lowest BCUT2D eigenvalue weighted by atomic mass is 10.0. The molecule has 2 aliphatic heterocycles. The molecule has 0 bridgehead atoms. The summed E-state index contributed by atoms with van der Waals surface area (Å²) < 4.78 is 11.3. The zero-order valence-electron chi connectivity index (χ0n) is 10.3. The Kier molecular flexibility index (Phi) is 3.73. The molecule has 4 heteroatoms. The molecular formula is C14H18ClNO2. The van der Waals surface area contributed by atoms with Crippen molar-refractivity contribution < 1.29 is 9.47 Å². The molecule has 3 nitrogen and oxygen atoms in total. The first kappa shape index (κ1) is 12.3. The minimum atomic E-state index is 0.179. The lowest BCUT2D eigenvalue weighted by molar-refractivity contribution is -0.0187. The molecule has 0 radical (unpaired) electrons. The maximum atomic E-state index is 5.87. The van der Waals surface area contributed by atoms with Crippen LogP contribution in [0, 0.1) is 0 Å². The lowest BCUT2D eigenvalue weighted by Gasteiger charge is -2.33. The average molecular weight is 268 g/mol. The van der Waals surface area contributed by atoms with Crippen LogP contribution in [0.4, 0.5) is 0 Å². The van der Waals surface area contributed by atoms with Gasteiger partial charge >= 0.3 is 0 Å². The quantitative estimate of drug-likeness (QED) is 0.783. The van der Waals surface area contributed by atoms with Crippen molar-refractivity contribution in [3.63, 3.8) is 0 Å². The summed E-state index contributed by atoms with van der Waals surface area (Å²) in [6.07, 6.45) is 0.179. The van der Waals surface area contributed by atoms with E-state index < -0.39 is 0 Å². The summed E-state index contributed by atoms with van der Waals surface area (Å²) in [5, 5.41) is 0. The summed E-state index contributed by atoms with van der Waals surface area (Å²) in [4.78, 5) is 2.44. The molecule has 2 aliphatic rings. The molecule has 18 heavy (non-hydrogen) atoms. The van der Waals surface area contributed by atoms with Crippen molar-refractivity contribution in [3.05, 3.63) is 29.8 Å². The van der Waals surface area contributed by atoms with Crippen LogP contribution in [0.5, 0.6) is 5.75 Å². The first-order valence-corrected chi connectivity index (χ1v) is 7.02. The van der Waals surface area contributed by atoms with Gasteiger partial charge in [0, 0.05) is 37.0 Å². The number of fused-ring (bicyclic) bond motifs is 1. The van der Waals surface area contributed by atoms with Gasteiger partial charge in [-0.3, -0.25) is 4.90 Å². The van der Waals surface area contributed by atoms with Crippen LogP contribution in [0.25, 0.3) is 0 Å². The lowest BCUT2D eigenvalue weighted by Crippen LogP contribution is -2.45.